The summed E-state index contributed by atoms with van der Waals surface area (Å²) >= 11 is 4.30. The summed E-state index contributed by atoms with van der Waals surface area (Å²) in [6, 6.07) is 4.08. The smallest absolute Gasteiger partial charge is 0.408 e. The molecule has 1 aromatic rings. The quantitative estimate of drug-likeness (QED) is 0.485. The minimum absolute atomic E-state index is 0.0682. The van der Waals surface area contributed by atoms with Gasteiger partial charge in [-0.1, -0.05) is 30.7 Å². The molecule has 1 rings (SSSR count). The molecule has 0 aliphatic heterocycles. The largest absolute Gasteiger partial charge is 0.444 e. The van der Waals surface area contributed by atoms with Crippen LogP contribution in [0.1, 0.15) is 77.6 Å². The molecular weight excluding hydrogens is 438 g/mol. The molecule has 0 fully saturated rings. The zero-order valence-corrected chi connectivity index (χ0v) is 22.4. The first-order chi connectivity index (χ1) is 15.1. The summed E-state index contributed by atoms with van der Waals surface area (Å²) in [4.78, 5) is 41.1. The van der Waals surface area contributed by atoms with E-state index in [1.807, 2.05) is 59.7 Å². The fourth-order valence-electron chi connectivity index (χ4n) is 3.39. The molecule has 0 aromatic heterocycles. The van der Waals surface area contributed by atoms with Gasteiger partial charge in [0.15, 0.2) is 0 Å². The number of benzene rings is 1. The second kappa shape index (κ2) is 11.8. The highest BCUT2D eigenvalue weighted by Gasteiger charge is 2.37. The minimum Gasteiger partial charge on any atom is -0.444 e. The van der Waals surface area contributed by atoms with Crippen LogP contribution in [-0.2, 0) is 14.3 Å². The summed E-state index contributed by atoms with van der Waals surface area (Å²) in [7, 11) is 0. The molecule has 0 radical (unpaired) electrons. The van der Waals surface area contributed by atoms with Crippen molar-refractivity contribution in [3.63, 3.8) is 0 Å². The highest BCUT2D eigenvalue weighted by molar-refractivity contribution is 7.80. The number of nitrogens with zero attached hydrogens (tertiary/aromatic N) is 1. The van der Waals surface area contributed by atoms with Crippen molar-refractivity contribution in [2.24, 2.45) is 0 Å². The van der Waals surface area contributed by atoms with E-state index in [0.29, 0.717) is 13.0 Å². The van der Waals surface area contributed by atoms with Crippen LogP contribution in [0.15, 0.2) is 18.2 Å². The Balaban J connectivity index is 3.44. The molecule has 0 spiro atoms. The Morgan fingerprint density at radius 2 is 1.70 bits per heavy atom. The van der Waals surface area contributed by atoms with E-state index in [9.17, 15) is 14.4 Å². The molecular formula is C25H41N3O4S. The lowest BCUT2D eigenvalue weighted by atomic mass is 9.95. The van der Waals surface area contributed by atoms with Gasteiger partial charge in [-0.2, -0.15) is 12.6 Å². The molecule has 0 aliphatic rings. The van der Waals surface area contributed by atoms with Gasteiger partial charge in [0.2, 0.25) is 11.8 Å². The lowest BCUT2D eigenvalue weighted by molar-refractivity contribution is -0.142. The molecule has 0 aliphatic carbocycles. The molecule has 186 valence electrons. The molecule has 7 nitrogen and oxygen atoms in total. The van der Waals surface area contributed by atoms with E-state index in [1.165, 1.54) is 0 Å². The lowest BCUT2D eigenvalue weighted by Gasteiger charge is -2.36. The minimum atomic E-state index is -0.940. The number of carbonyl (C=O) groups is 3. The van der Waals surface area contributed by atoms with Crippen LogP contribution in [0.25, 0.3) is 0 Å². The summed E-state index contributed by atoms with van der Waals surface area (Å²) < 4.78 is 5.32. The van der Waals surface area contributed by atoms with Crippen LogP contribution >= 0.6 is 12.6 Å². The van der Waals surface area contributed by atoms with Gasteiger partial charge in [-0.3, -0.25) is 9.59 Å². The predicted octanol–water partition coefficient (Wildman–Crippen LogP) is 4.32. The number of alkyl carbamates (subject to hydrolysis) is 1. The van der Waals surface area contributed by atoms with E-state index in [1.54, 1.807) is 25.7 Å². The fraction of sp³-hybridized carbons (Fsp3) is 0.640. The molecule has 2 N–H and O–H groups in total. The van der Waals surface area contributed by atoms with Gasteiger partial charge in [0.05, 0.1) is 0 Å². The summed E-state index contributed by atoms with van der Waals surface area (Å²) in [6.07, 6.45) is -0.0597. The maximum absolute atomic E-state index is 13.7. The Bertz CT molecular complexity index is 843. The number of hydrogen-bond acceptors (Lipinski definition) is 5. The summed E-state index contributed by atoms with van der Waals surface area (Å²) in [5.74, 6) is -0.584. The number of carbonyl (C=O) groups excluding carboxylic acids is 3. The maximum Gasteiger partial charge on any atom is 0.408 e. The predicted molar refractivity (Wildman–Crippen MR) is 136 cm³/mol. The van der Waals surface area contributed by atoms with Gasteiger partial charge >= 0.3 is 6.09 Å². The Hall–Kier alpha value is -2.22. The first-order valence-corrected chi connectivity index (χ1v) is 12.0. The van der Waals surface area contributed by atoms with E-state index in [2.05, 4.69) is 23.3 Å². The molecule has 1 aromatic carbocycles. The monoisotopic (exact) mass is 479 g/mol. The summed E-state index contributed by atoms with van der Waals surface area (Å²) in [5.41, 5.74) is 1.47. The standard InChI is InChI=1S/C25H41N3O4S/c1-10-13-28(22(30)19(15-33)26-23(31)32-25(7,8)9)20(21(29)27-24(4,5)6)18-14-16(2)11-12-17(18)3/h11-12,14,19-20,33H,10,13,15H2,1-9H3,(H,26,31)(H,27,29). The molecule has 2 atom stereocenters. The van der Waals surface area contributed by atoms with Crippen molar-refractivity contribution in [1.29, 1.82) is 0 Å². The second-order valence-corrected chi connectivity index (χ2v) is 10.8. The first-order valence-electron chi connectivity index (χ1n) is 11.4. The zero-order valence-electron chi connectivity index (χ0n) is 21.5. The lowest BCUT2D eigenvalue weighted by Crippen LogP contribution is -2.55. The Morgan fingerprint density at radius 3 is 2.18 bits per heavy atom. The van der Waals surface area contributed by atoms with Crippen molar-refractivity contribution in [1.82, 2.24) is 15.5 Å². The van der Waals surface area contributed by atoms with Crippen molar-refractivity contribution in [3.05, 3.63) is 34.9 Å². The molecule has 0 heterocycles. The number of aryl methyl sites for hydroxylation is 2. The normalized spacial score (nSPS) is 13.6. The average Bonchev–Trinajstić information content (AvgIpc) is 2.65. The van der Waals surface area contributed by atoms with E-state index in [4.69, 9.17) is 4.74 Å². The van der Waals surface area contributed by atoms with E-state index in [0.717, 1.165) is 16.7 Å². The van der Waals surface area contributed by atoms with Crippen LogP contribution in [0.5, 0.6) is 0 Å². The van der Waals surface area contributed by atoms with E-state index in [-0.39, 0.29) is 17.6 Å². The van der Waals surface area contributed by atoms with Gasteiger partial charge in [0.1, 0.15) is 17.7 Å². The highest BCUT2D eigenvalue weighted by atomic mass is 32.1. The second-order valence-electron chi connectivity index (χ2n) is 10.4. The first kappa shape index (κ1) is 28.8. The van der Waals surface area contributed by atoms with Crippen LogP contribution in [0.4, 0.5) is 4.79 Å². The van der Waals surface area contributed by atoms with Gasteiger partial charge in [0, 0.05) is 17.8 Å². The molecule has 0 saturated carbocycles. The van der Waals surface area contributed by atoms with Crippen LogP contribution in [0, 0.1) is 13.8 Å². The topological polar surface area (TPSA) is 87.7 Å². The summed E-state index contributed by atoms with van der Waals surface area (Å²) in [6.45, 7) is 17.1. The number of thiol groups is 1. The van der Waals surface area contributed by atoms with Crippen molar-refractivity contribution < 1.29 is 19.1 Å². The van der Waals surface area contributed by atoms with Crippen LogP contribution < -0.4 is 10.6 Å². The third kappa shape index (κ3) is 9.27. The molecule has 8 heteroatoms. The van der Waals surface area contributed by atoms with Crippen LogP contribution in [-0.4, -0.2) is 52.3 Å². The molecule has 2 unspecified atom stereocenters. The number of rotatable bonds is 8. The number of ether oxygens (including phenoxy) is 1. The molecule has 0 saturated heterocycles. The average molecular weight is 480 g/mol. The molecule has 3 amide bonds. The Labute approximate surface area is 204 Å². The number of hydrogen-bond donors (Lipinski definition) is 3. The number of nitrogens with one attached hydrogen (secondary N) is 2. The third-order valence-electron chi connectivity index (χ3n) is 4.71. The van der Waals surface area contributed by atoms with E-state index < -0.39 is 29.3 Å². The fourth-order valence-corrected chi connectivity index (χ4v) is 3.63. The third-order valence-corrected chi connectivity index (χ3v) is 5.07. The highest BCUT2D eigenvalue weighted by Crippen LogP contribution is 2.27. The van der Waals surface area contributed by atoms with Crippen molar-refractivity contribution >= 4 is 30.5 Å². The van der Waals surface area contributed by atoms with Crippen molar-refractivity contribution in [2.75, 3.05) is 12.3 Å². The van der Waals surface area contributed by atoms with Crippen LogP contribution in [0.2, 0.25) is 0 Å². The zero-order chi connectivity index (χ0) is 25.6. The van der Waals surface area contributed by atoms with Crippen molar-refractivity contribution in [3.8, 4) is 0 Å². The van der Waals surface area contributed by atoms with Gasteiger partial charge in [-0.25, -0.2) is 4.79 Å². The van der Waals surface area contributed by atoms with Gasteiger partial charge in [-0.15, -0.1) is 0 Å². The SMILES string of the molecule is CCCN(C(=O)C(CS)NC(=O)OC(C)(C)C)C(C(=O)NC(C)(C)C)c1cc(C)ccc1C. The van der Waals surface area contributed by atoms with Gasteiger partial charge in [0.25, 0.3) is 0 Å². The van der Waals surface area contributed by atoms with Gasteiger partial charge < -0.3 is 20.3 Å². The van der Waals surface area contributed by atoms with E-state index >= 15 is 0 Å². The van der Waals surface area contributed by atoms with Gasteiger partial charge in [-0.05, 0) is 72.9 Å². The Morgan fingerprint density at radius 1 is 1.09 bits per heavy atom. The molecule has 0 bridgehead atoms. The Kier molecular flexibility index (Phi) is 10.3. The van der Waals surface area contributed by atoms with Crippen LogP contribution in [0.3, 0.4) is 0 Å². The maximum atomic E-state index is 13.7. The molecule has 33 heavy (non-hydrogen) atoms. The summed E-state index contributed by atoms with van der Waals surface area (Å²) in [5, 5.41) is 5.64. The van der Waals surface area contributed by atoms with Crippen molar-refractivity contribution in [2.45, 2.75) is 92.0 Å². The number of amides is 3.